The van der Waals surface area contributed by atoms with E-state index < -0.39 is 10.8 Å². The third-order valence-corrected chi connectivity index (χ3v) is 4.49. The number of ketones is 1. The lowest BCUT2D eigenvalue weighted by atomic mass is 9.71. The van der Waals surface area contributed by atoms with E-state index in [1.807, 2.05) is 96.1 Å². The number of rotatable bonds is 6. The number of carbonyl (C=O) groups is 2. The summed E-state index contributed by atoms with van der Waals surface area (Å²) >= 11 is 0. The van der Waals surface area contributed by atoms with Crippen LogP contribution in [-0.4, -0.2) is 18.9 Å². The minimum absolute atomic E-state index is 0.0316. The summed E-state index contributed by atoms with van der Waals surface area (Å²) in [6.45, 7) is 11.4. The van der Waals surface area contributed by atoms with E-state index in [9.17, 15) is 9.59 Å². The van der Waals surface area contributed by atoms with Crippen molar-refractivity contribution in [2.24, 2.45) is 10.8 Å². The molecule has 3 nitrogen and oxygen atoms in total. The van der Waals surface area contributed by atoms with Crippen LogP contribution in [0.3, 0.4) is 0 Å². The number of hydrogen-bond acceptors (Lipinski definition) is 3. The summed E-state index contributed by atoms with van der Waals surface area (Å²) < 4.78 is 4.86. The first kappa shape index (κ1) is 22.6. The van der Waals surface area contributed by atoms with Crippen molar-refractivity contribution in [1.29, 1.82) is 0 Å². The first-order chi connectivity index (χ1) is 12.7. The highest BCUT2D eigenvalue weighted by Gasteiger charge is 2.39. The number of hydrogen-bond donors (Lipinski definition) is 0. The molecule has 146 valence electrons. The smallest absolute Gasteiger partial charge is 0.311 e. The van der Waals surface area contributed by atoms with Gasteiger partial charge in [0.15, 0.2) is 5.78 Å². The fourth-order valence-corrected chi connectivity index (χ4v) is 3.37. The van der Waals surface area contributed by atoms with E-state index in [2.05, 4.69) is 0 Å². The molecule has 0 saturated heterocycles. The molecule has 27 heavy (non-hydrogen) atoms. The van der Waals surface area contributed by atoms with Crippen molar-refractivity contribution in [2.75, 3.05) is 7.11 Å². The zero-order valence-electron chi connectivity index (χ0n) is 17.6. The SMILES string of the molecule is CC.COC(=O)C(C)(C)CC(C)(C)C(=O)c1ccc(-c2ccccc2)cc1. The van der Waals surface area contributed by atoms with E-state index in [4.69, 9.17) is 4.74 Å². The Morgan fingerprint density at radius 3 is 1.74 bits per heavy atom. The number of ether oxygens (including phenoxy) is 1. The van der Waals surface area contributed by atoms with E-state index in [0.717, 1.165) is 11.1 Å². The summed E-state index contributed by atoms with van der Waals surface area (Å²) in [7, 11) is 1.38. The summed E-state index contributed by atoms with van der Waals surface area (Å²) in [6.07, 6.45) is 0.423. The highest BCUT2D eigenvalue weighted by Crippen LogP contribution is 2.37. The zero-order valence-corrected chi connectivity index (χ0v) is 17.6. The van der Waals surface area contributed by atoms with E-state index in [1.165, 1.54) is 7.11 Å². The van der Waals surface area contributed by atoms with Crippen molar-refractivity contribution in [1.82, 2.24) is 0 Å². The molecular weight excluding hydrogens is 336 g/mol. The Balaban J connectivity index is 0.00000176. The van der Waals surface area contributed by atoms with Crippen LogP contribution in [0.4, 0.5) is 0 Å². The summed E-state index contributed by atoms with van der Waals surface area (Å²) in [5.74, 6) is -0.267. The van der Waals surface area contributed by atoms with Crippen molar-refractivity contribution in [3.05, 3.63) is 60.2 Å². The fraction of sp³-hybridized carbons (Fsp3) is 0.417. The molecule has 0 heterocycles. The van der Waals surface area contributed by atoms with Crippen LogP contribution in [0.5, 0.6) is 0 Å². The van der Waals surface area contributed by atoms with Gasteiger partial charge in [-0.05, 0) is 31.4 Å². The molecule has 0 aliphatic heterocycles. The van der Waals surface area contributed by atoms with Crippen LogP contribution in [0.2, 0.25) is 0 Å². The number of Topliss-reactive ketones (excluding diaryl/α,β-unsaturated/α-hetero) is 1. The Kier molecular flexibility index (Phi) is 7.96. The second-order valence-corrected chi connectivity index (χ2v) is 7.71. The third kappa shape index (κ3) is 5.78. The van der Waals surface area contributed by atoms with Gasteiger partial charge in [-0.1, -0.05) is 82.3 Å². The maximum absolute atomic E-state index is 13.0. The van der Waals surface area contributed by atoms with Crippen LogP contribution < -0.4 is 0 Å². The van der Waals surface area contributed by atoms with E-state index >= 15 is 0 Å². The molecule has 0 radical (unpaired) electrons. The van der Waals surface area contributed by atoms with E-state index in [0.29, 0.717) is 12.0 Å². The molecule has 0 fully saturated rings. The summed E-state index contributed by atoms with van der Waals surface area (Å²) in [5.41, 5.74) is 1.48. The Morgan fingerprint density at radius 1 is 0.778 bits per heavy atom. The summed E-state index contributed by atoms with van der Waals surface area (Å²) in [6, 6.07) is 17.7. The van der Waals surface area contributed by atoms with Gasteiger partial charge in [0.25, 0.3) is 0 Å². The van der Waals surface area contributed by atoms with Gasteiger partial charge in [0.05, 0.1) is 12.5 Å². The summed E-state index contributed by atoms with van der Waals surface area (Å²) in [5, 5.41) is 0. The maximum atomic E-state index is 13.0. The molecule has 0 amide bonds. The predicted molar refractivity (Wildman–Crippen MR) is 112 cm³/mol. The van der Waals surface area contributed by atoms with Crippen molar-refractivity contribution in [2.45, 2.75) is 48.0 Å². The van der Waals surface area contributed by atoms with Crippen molar-refractivity contribution in [3.8, 4) is 11.1 Å². The first-order valence-electron chi connectivity index (χ1n) is 9.46. The molecule has 2 rings (SSSR count). The molecule has 0 aromatic heterocycles. The second-order valence-electron chi connectivity index (χ2n) is 7.71. The van der Waals surface area contributed by atoms with Gasteiger partial charge in [-0.25, -0.2) is 0 Å². The normalized spacial score (nSPS) is 11.2. The monoisotopic (exact) mass is 368 g/mol. The largest absolute Gasteiger partial charge is 0.469 e. The van der Waals surface area contributed by atoms with Gasteiger partial charge in [0.1, 0.15) is 0 Å². The lowest BCUT2D eigenvalue weighted by molar-refractivity contribution is -0.152. The zero-order chi connectivity index (χ0) is 20.7. The summed E-state index contributed by atoms with van der Waals surface area (Å²) in [4.78, 5) is 24.9. The number of methoxy groups -OCH3 is 1. The Labute approximate surface area is 163 Å². The number of carbonyl (C=O) groups excluding carboxylic acids is 2. The fourth-order valence-electron chi connectivity index (χ4n) is 3.37. The Bertz CT molecular complexity index is 741. The van der Waals surface area contributed by atoms with Gasteiger partial charge < -0.3 is 4.74 Å². The third-order valence-electron chi connectivity index (χ3n) is 4.49. The van der Waals surface area contributed by atoms with E-state index in [1.54, 1.807) is 0 Å². The molecule has 3 heteroatoms. The lowest BCUT2D eigenvalue weighted by Crippen LogP contribution is -2.35. The number of benzene rings is 2. The standard InChI is InChI=1S/C22H26O3.C2H6/c1-21(2,15-22(3,4)20(24)25-5)19(23)18-13-11-17(12-14-18)16-9-7-6-8-10-16;1-2/h6-14H,15H2,1-5H3;1-2H3. The van der Waals surface area contributed by atoms with Crippen LogP contribution >= 0.6 is 0 Å². The molecule has 0 atom stereocenters. The number of esters is 1. The first-order valence-corrected chi connectivity index (χ1v) is 9.46. The molecule has 0 aliphatic rings. The minimum atomic E-state index is -0.710. The average molecular weight is 369 g/mol. The Morgan fingerprint density at radius 2 is 1.26 bits per heavy atom. The van der Waals surface area contributed by atoms with Gasteiger partial charge in [-0.2, -0.15) is 0 Å². The van der Waals surface area contributed by atoms with E-state index in [-0.39, 0.29) is 11.8 Å². The van der Waals surface area contributed by atoms with Gasteiger partial charge >= 0.3 is 5.97 Å². The second kappa shape index (κ2) is 9.50. The van der Waals surface area contributed by atoms with Crippen molar-refractivity contribution in [3.63, 3.8) is 0 Å². The molecule has 0 spiro atoms. The van der Waals surface area contributed by atoms with Crippen LogP contribution in [-0.2, 0) is 9.53 Å². The average Bonchev–Trinajstić information content (AvgIpc) is 2.68. The topological polar surface area (TPSA) is 43.4 Å². The minimum Gasteiger partial charge on any atom is -0.469 e. The molecule has 2 aromatic rings. The van der Waals surface area contributed by atoms with Gasteiger partial charge in [0.2, 0.25) is 0 Å². The molecule has 0 unspecified atom stereocenters. The lowest BCUT2D eigenvalue weighted by Gasteiger charge is -2.32. The molecule has 2 aromatic carbocycles. The maximum Gasteiger partial charge on any atom is 0.311 e. The molecule has 0 aliphatic carbocycles. The van der Waals surface area contributed by atoms with Gasteiger partial charge in [-0.3, -0.25) is 9.59 Å². The quantitative estimate of drug-likeness (QED) is 0.452. The molecule has 0 bridgehead atoms. The van der Waals surface area contributed by atoms with Crippen LogP contribution in [0.25, 0.3) is 11.1 Å². The van der Waals surface area contributed by atoms with Gasteiger partial charge in [0, 0.05) is 11.0 Å². The molecule has 0 N–H and O–H groups in total. The highest BCUT2D eigenvalue weighted by atomic mass is 16.5. The van der Waals surface area contributed by atoms with Crippen LogP contribution in [0, 0.1) is 10.8 Å². The predicted octanol–water partition coefficient (Wildman–Crippen LogP) is 6.18. The Hall–Kier alpha value is -2.42. The van der Waals surface area contributed by atoms with Crippen molar-refractivity contribution < 1.29 is 14.3 Å². The van der Waals surface area contributed by atoms with Crippen molar-refractivity contribution >= 4 is 11.8 Å². The highest BCUT2D eigenvalue weighted by molar-refractivity contribution is 6.00. The molecular formula is C24H32O3. The van der Waals surface area contributed by atoms with Gasteiger partial charge in [-0.15, -0.1) is 0 Å². The molecule has 0 saturated carbocycles. The van der Waals surface area contributed by atoms with Crippen LogP contribution in [0.1, 0.15) is 58.3 Å². The van der Waals surface area contributed by atoms with Crippen LogP contribution in [0.15, 0.2) is 54.6 Å².